The van der Waals surface area contributed by atoms with Crippen molar-refractivity contribution in [2.45, 2.75) is 31.3 Å². The summed E-state index contributed by atoms with van der Waals surface area (Å²) in [6, 6.07) is 18.4. The van der Waals surface area contributed by atoms with E-state index in [1.807, 2.05) is 39.2 Å². The number of hydrogen-bond donors (Lipinski definition) is 0. The summed E-state index contributed by atoms with van der Waals surface area (Å²) in [6.07, 6.45) is 1.34. The number of Topliss-reactive ketones (excluding diaryl/α,β-unsaturated/α-hetero) is 1. The molecule has 0 bridgehead atoms. The number of carbonyl (C=O) groups is 1. The molecule has 0 atom stereocenters. The van der Waals surface area contributed by atoms with Gasteiger partial charge >= 0.3 is 0 Å². The van der Waals surface area contributed by atoms with Crippen LogP contribution in [0.4, 0.5) is 0 Å². The Hall–Kier alpha value is -2.76. The molecule has 5 heteroatoms. The smallest absolute Gasteiger partial charge is 0.169 e. The van der Waals surface area contributed by atoms with Crippen molar-refractivity contribution in [1.29, 1.82) is 0 Å². The van der Waals surface area contributed by atoms with Crippen LogP contribution in [0, 0.1) is 6.92 Å². The largest absolute Gasteiger partial charge is 0.493 e. The highest BCUT2D eigenvalue weighted by atomic mass is 32.2. The van der Waals surface area contributed by atoms with Crippen molar-refractivity contribution in [1.82, 2.24) is 4.31 Å². The second kappa shape index (κ2) is 9.16. The Bertz CT molecular complexity index is 1120. The number of aryl methyl sites for hydroxylation is 1. The normalized spacial score (nSPS) is 12.9. The van der Waals surface area contributed by atoms with Gasteiger partial charge in [0.25, 0.3) is 0 Å². The molecule has 0 fully saturated rings. The zero-order chi connectivity index (χ0) is 22.0. The Morgan fingerprint density at radius 3 is 2.48 bits per heavy atom. The third-order valence-corrected chi connectivity index (χ3v) is 6.28. The van der Waals surface area contributed by atoms with Crippen molar-refractivity contribution >= 4 is 17.7 Å². The molecule has 0 amide bonds. The van der Waals surface area contributed by atoms with E-state index < -0.39 is 0 Å². The lowest BCUT2D eigenvalue weighted by atomic mass is 9.95. The van der Waals surface area contributed by atoms with Crippen molar-refractivity contribution in [2.24, 2.45) is 0 Å². The first kappa shape index (κ1) is 21.5. The molecular weight excluding hydrogens is 406 g/mol. The molecule has 31 heavy (non-hydrogen) atoms. The predicted octanol–water partition coefficient (Wildman–Crippen LogP) is 5.95. The van der Waals surface area contributed by atoms with Gasteiger partial charge in [0.15, 0.2) is 17.3 Å². The van der Waals surface area contributed by atoms with Gasteiger partial charge in [0, 0.05) is 22.4 Å². The first-order valence-corrected chi connectivity index (χ1v) is 11.2. The minimum absolute atomic E-state index is 0.216. The number of nitrogens with zero attached hydrogens (tertiary/aromatic N) is 1. The Balaban J connectivity index is 1.72. The summed E-state index contributed by atoms with van der Waals surface area (Å²) in [6.45, 7) is 2.45. The molecule has 1 aliphatic rings. The summed E-state index contributed by atoms with van der Waals surface area (Å²) in [5.41, 5.74) is 6.06. The van der Waals surface area contributed by atoms with Gasteiger partial charge in [0.2, 0.25) is 0 Å². The quantitative estimate of drug-likeness (QED) is 0.431. The van der Waals surface area contributed by atoms with E-state index in [9.17, 15) is 4.79 Å². The average Bonchev–Trinajstić information content (AvgIpc) is 3.13. The van der Waals surface area contributed by atoms with Gasteiger partial charge in [-0.25, -0.2) is 0 Å². The first-order chi connectivity index (χ1) is 15.0. The number of carbonyl (C=O) groups excluding carboxylic acids is 1. The molecule has 0 saturated carbocycles. The molecule has 1 aliphatic carbocycles. The number of ether oxygens (including phenoxy) is 2. The SMILES string of the molecule is COc1c(C)ccc(-c2cccc3c2CCC3=O)c1OCc1cccc(SN(C)C)c1. The Labute approximate surface area is 188 Å². The van der Waals surface area contributed by atoms with Crippen molar-refractivity contribution < 1.29 is 14.3 Å². The lowest BCUT2D eigenvalue weighted by Gasteiger charge is -2.19. The fraction of sp³-hybridized carbons (Fsp3) is 0.269. The maximum atomic E-state index is 12.3. The highest BCUT2D eigenvalue weighted by molar-refractivity contribution is 7.97. The Morgan fingerprint density at radius 2 is 1.71 bits per heavy atom. The lowest BCUT2D eigenvalue weighted by molar-refractivity contribution is 0.0994. The van der Waals surface area contributed by atoms with Crippen LogP contribution in [0.3, 0.4) is 0 Å². The number of hydrogen-bond acceptors (Lipinski definition) is 5. The van der Waals surface area contributed by atoms with Crippen molar-refractivity contribution in [2.75, 3.05) is 21.2 Å². The number of benzene rings is 3. The average molecular weight is 434 g/mol. The first-order valence-electron chi connectivity index (χ1n) is 10.4. The second-order valence-corrected chi connectivity index (χ2v) is 9.27. The fourth-order valence-corrected chi connectivity index (χ4v) is 4.84. The molecule has 0 heterocycles. The molecule has 160 valence electrons. The molecule has 0 radical (unpaired) electrons. The molecule has 4 nitrogen and oxygen atoms in total. The van der Waals surface area contributed by atoms with Gasteiger partial charge in [-0.3, -0.25) is 9.10 Å². The number of methoxy groups -OCH3 is 1. The van der Waals surface area contributed by atoms with Crippen LogP contribution in [0.5, 0.6) is 11.5 Å². The van der Waals surface area contributed by atoms with Gasteiger partial charge in [-0.2, -0.15) is 0 Å². The van der Waals surface area contributed by atoms with E-state index in [1.54, 1.807) is 19.1 Å². The molecular formula is C26H27NO3S. The highest BCUT2D eigenvalue weighted by Gasteiger charge is 2.25. The standard InChI is InChI=1S/C26H27NO3S/c1-17-11-12-23(20-9-6-10-22-21(20)13-14-24(22)28)26(25(17)29-4)30-16-18-7-5-8-19(15-18)31-27(2)3/h5-12,15H,13-14,16H2,1-4H3. The molecule has 0 aliphatic heterocycles. The minimum Gasteiger partial charge on any atom is -0.493 e. The zero-order valence-corrected chi connectivity index (χ0v) is 19.2. The van der Waals surface area contributed by atoms with Gasteiger partial charge in [-0.05, 0) is 73.8 Å². The topological polar surface area (TPSA) is 38.8 Å². The molecule has 3 aromatic rings. The van der Waals surface area contributed by atoms with Gasteiger partial charge in [0.05, 0.1) is 7.11 Å². The molecule has 0 aromatic heterocycles. The maximum absolute atomic E-state index is 12.3. The van der Waals surface area contributed by atoms with Gasteiger partial charge in [-0.1, -0.05) is 42.5 Å². The van der Waals surface area contributed by atoms with Crippen LogP contribution in [0.2, 0.25) is 0 Å². The lowest BCUT2D eigenvalue weighted by Crippen LogP contribution is -2.03. The van der Waals surface area contributed by atoms with E-state index in [2.05, 4.69) is 40.7 Å². The van der Waals surface area contributed by atoms with Crippen LogP contribution in [-0.4, -0.2) is 31.3 Å². The van der Waals surface area contributed by atoms with Gasteiger partial charge in [0.1, 0.15) is 6.61 Å². The number of rotatable bonds is 7. The minimum atomic E-state index is 0.216. The van der Waals surface area contributed by atoms with Crippen LogP contribution in [0.15, 0.2) is 59.5 Å². The van der Waals surface area contributed by atoms with Gasteiger partial charge < -0.3 is 9.47 Å². The number of fused-ring (bicyclic) bond motifs is 1. The molecule has 3 aromatic carbocycles. The molecule has 0 spiro atoms. The zero-order valence-electron chi connectivity index (χ0n) is 18.4. The van der Waals surface area contributed by atoms with Crippen LogP contribution in [0.1, 0.15) is 33.5 Å². The van der Waals surface area contributed by atoms with Crippen LogP contribution in [0.25, 0.3) is 11.1 Å². The predicted molar refractivity (Wildman–Crippen MR) is 126 cm³/mol. The fourth-order valence-electron chi connectivity index (χ4n) is 4.07. The molecule has 0 saturated heterocycles. The maximum Gasteiger partial charge on any atom is 0.169 e. The van der Waals surface area contributed by atoms with Crippen molar-refractivity contribution in [3.63, 3.8) is 0 Å². The van der Waals surface area contributed by atoms with E-state index in [1.165, 1.54) is 4.90 Å². The molecule has 4 rings (SSSR count). The summed E-state index contributed by atoms with van der Waals surface area (Å²) in [4.78, 5) is 13.4. The van der Waals surface area contributed by atoms with E-state index in [-0.39, 0.29) is 5.78 Å². The van der Waals surface area contributed by atoms with Gasteiger partial charge in [-0.15, -0.1) is 0 Å². The molecule has 0 N–H and O–H groups in total. The van der Waals surface area contributed by atoms with Crippen LogP contribution in [-0.2, 0) is 13.0 Å². The Kier molecular flexibility index (Phi) is 6.35. The second-order valence-electron chi connectivity index (χ2n) is 7.89. The molecule has 0 unspecified atom stereocenters. The Morgan fingerprint density at radius 1 is 0.935 bits per heavy atom. The summed E-state index contributed by atoms with van der Waals surface area (Å²) in [5, 5.41) is 0. The van der Waals surface area contributed by atoms with E-state index in [0.717, 1.165) is 51.3 Å². The third kappa shape index (κ3) is 4.48. The van der Waals surface area contributed by atoms with E-state index in [4.69, 9.17) is 9.47 Å². The summed E-state index contributed by atoms with van der Waals surface area (Å²) in [5.74, 6) is 1.67. The third-order valence-electron chi connectivity index (χ3n) is 5.45. The van der Waals surface area contributed by atoms with E-state index >= 15 is 0 Å². The summed E-state index contributed by atoms with van der Waals surface area (Å²) < 4.78 is 14.2. The monoisotopic (exact) mass is 433 g/mol. The summed E-state index contributed by atoms with van der Waals surface area (Å²) >= 11 is 1.68. The van der Waals surface area contributed by atoms with E-state index in [0.29, 0.717) is 13.0 Å². The van der Waals surface area contributed by atoms with Crippen molar-refractivity contribution in [3.05, 3.63) is 76.9 Å². The van der Waals surface area contributed by atoms with Crippen LogP contribution < -0.4 is 9.47 Å². The highest BCUT2D eigenvalue weighted by Crippen LogP contribution is 2.44. The van der Waals surface area contributed by atoms with Crippen LogP contribution >= 0.6 is 11.9 Å². The van der Waals surface area contributed by atoms with Crippen molar-refractivity contribution in [3.8, 4) is 22.6 Å². The summed E-state index contributed by atoms with van der Waals surface area (Å²) in [7, 11) is 5.73. The number of ketones is 1.